The topological polar surface area (TPSA) is 22.1 Å². The molecule has 14 heavy (non-hydrogen) atoms. The van der Waals surface area contributed by atoms with Crippen molar-refractivity contribution in [2.24, 2.45) is 0 Å². The number of pyridine rings is 1. The molecular weight excluding hydrogens is 190 g/mol. The summed E-state index contributed by atoms with van der Waals surface area (Å²) in [6, 6.07) is 7.27. The van der Waals surface area contributed by atoms with E-state index in [1.165, 1.54) is 18.9 Å². The lowest BCUT2D eigenvalue weighted by molar-refractivity contribution is 0.304. The number of nitrogens with zero attached hydrogens (tertiary/aromatic N) is 1. The van der Waals surface area contributed by atoms with Crippen LogP contribution in [0.25, 0.3) is 0 Å². The molecule has 2 nitrogen and oxygen atoms in total. The first-order valence-electron chi connectivity index (χ1n) is 5.18. The third-order valence-corrected chi connectivity index (χ3v) is 2.93. The fraction of sp³-hybridized carbons (Fsp3) is 0.545. The summed E-state index contributed by atoms with van der Waals surface area (Å²) in [4.78, 5) is 4.10. The molecule has 0 amide bonds. The molecule has 0 bridgehead atoms. The lowest BCUT2D eigenvalue weighted by Crippen LogP contribution is -2.06. The van der Waals surface area contributed by atoms with Gasteiger partial charge in [-0.3, -0.25) is 4.98 Å². The Labute approximate surface area is 88.7 Å². The Morgan fingerprint density at radius 2 is 2.36 bits per heavy atom. The van der Waals surface area contributed by atoms with Crippen molar-refractivity contribution in [1.29, 1.82) is 0 Å². The summed E-state index contributed by atoms with van der Waals surface area (Å²) in [5, 5.41) is 0. The molecular formula is C11H17NOSi. The summed E-state index contributed by atoms with van der Waals surface area (Å²) in [6.45, 7) is 3.11. The minimum absolute atomic E-state index is 0.802. The van der Waals surface area contributed by atoms with E-state index in [2.05, 4.69) is 11.9 Å². The minimum Gasteiger partial charge on any atom is -0.417 e. The third kappa shape index (κ3) is 5.14. The highest BCUT2D eigenvalue weighted by Gasteiger charge is 1.97. The molecule has 1 aliphatic rings. The van der Waals surface area contributed by atoms with Crippen LogP contribution in [0.5, 0.6) is 0 Å². The Kier molecular flexibility index (Phi) is 6.28. The van der Waals surface area contributed by atoms with Gasteiger partial charge >= 0.3 is 0 Å². The lowest BCUT2D eigenvalue weighted by Gasteiger charge is -2.06. The molecule has 1 saturated heterocycles. The smallest absolute Gasteiger partial charge is 0.229 e. The Bertz CT molecular complexity index is 212. The predicted molar refractivity (Wildman–Crippen MR) is 59.4 cm³/mol. The van der Waals surface area contributed by atoms with E-state index in [0.29, 0.717) is 0 Å². The van der Waals surface area contributed by atoms with Crippen molar-refractivity contribution in [3.8, 4) is 0 Å². The van der Waals surface area contributed by atoms with E-state index >= 15 is 0 Å². The van der Waals surface area contributed by atoms with Crippen LogP contribution in [0.4, 0.5) is 0 Å². The van der Waals surface area contributed by atoms with Crippen molar-refractivity contribution in [1.82, 2.24) is 4.98 Å². The fourth-order valence-electron chi connectivity index (χ4n) is 1.12. The van der Waals surface area contributed by atoms with Crippen molar-refractivity contribution in [2.45, 2.75) is 32.2 Å². The van der Waals surface area contributed by atoms with Gasteiger partial charge in [-0.25, -0.2) is 0 Å². The highest BCUT2D eigenvalue weighted by molar-refractivity contribution is 6.27. The average molecular weight is 207 g/mol. The minimum atomic E-state index is 0.802. The molecule has 0 spiro atoms. The van der Waals surface area contributed by atoms with Crippen LogP contribution in [0.15, 0.2) is 24.4 Å². The first-order chi connectivity index (χ1) is 6.93. The van der Waals surface area contributed by atoms with Gasteiger partial charge in [0, 0.05) is 18.5 Å². The maximum atomic E-state index is 5.10. The van der Waals surface area contributed by atoms with Crippen LogP contribution in [0.1, 0.15) is 25.5 Å². The van der Waals surface area contributed by atoms with Crippen LogP contribution in [-0.4, -0.2) is 21.4 Å². The number of rotatable bonds is 1. The summed E-state index contributed by atoms with van der Waals surface area (Å²) >= 11 is 0. The van der Waals surface area contributed by atoms with Gasteiger partial charge < -0.3 is 4.43 Å². The molecule has 0 unspecified atom stereocenters. The molecule has 2 radical (unpaired) electrons. The molecule has 1 aliphatic heterocycles. The van der Waals surface area contributed by atoms with Crippen LogP contribution >= 0.6 is 0 Å². The van der Waals surface area contributed by atoms with Crippen molar-refractivity contribution < 1.29 is 4.43 Å². The highest BCUT2D eigenvalue weighted by atomic mass is 28.2. The second-order valence-electron chi connectivity index (χ2n) is 3.12. The molecule has 2 rings (SSSR count). The van der Waals surface area contributed by atoms with Gasteiger partial charge in [-0.1, -0.05) is 19.4 Å². The molecule has 3 heteroatoms. The quantitative estimate of drug-likeness (QED) is 0.660. The van der Waals surface area contributed by atoms with Crippen molar-refractivity contribution in [3.05, 3.63) is 30.1 Å². The molecule has 0 aromatic carbocycles. The summed E-state index contributed by atoms with van der Waals surface area (Å²) in [6.07, 6.45) is 5.52. The molecule has 76 valence electrons. The number of hydrogen-bond donors (Lipinski definition) is 0. The van der Waals surface area contributed by atoms with Crippen molar-refractivity contribution in [2.75, 3.05) is 6.61 Å². The molecule has 0 saturated carbocycles. The summed E-state index contributed by atoms with van der Waals surface area (Å²) in [5.41, 5.74) is 1.16. The number of aryl methyl sites for hydroxylation is 1. The Morgan fingerprint density at radius 3 is 2.64 bits per heavy atom. The number of hydrogen-bond acceptors (Lipinski definition) is 2. The predicted octanol–water partition coefficient (Wildman–Crippen LogP) is 2.48. The maximum absolute atomic E-state index is 5.10. The van der Waals surface area contributed by atoms with E-state index in [1.54, 1.807) is 0 Å². The third-order valence-electron chi connectivity index (χ3n) is 1.97. The van der Waals surface area contributed by atoms with Gasteiger partial charge in [0.05, 0.1) is 0 Å². The second-order valence-corrected chi connectivity index (χ2v) is 4.20. The van der Waals surface area contributed by atoms with E-state index in [9.17, 15) is 0 Å². The highest BCUT2D eigenvalue weighted by Crippen LogP contribution is 2.01. The first kappa shape index (κ1) is 11.4. The standard InChI is InChI=1S/C7H9N.C4H8OSi/c1-2-7-5-3-4-6-8-7;1-2-4-6-5-3-1/h3-6H,2H2,1H3;1-4H2. The van der Waals surface area contributed by atoms with Gasteiger partial charge in [-0.05, 0) is 31.0 Å². The van der Waals surface area contributed by atoms with E-state index in [1.807, 2.05) is 24.4 Å². The van der Waals surface area contributed by atoms with Crippen LogP contribution in [0.3, 0.4) is 0 Å². The zero-order valence-electron chi connectivity index (χ0n) is 8.70. The first-order valence-corrected chi connectivity index (χ1v) is 6.29. The van der Waals surface area contributed by atoms with Gasteiger partial charge in [-0.2, -0.15) is 0 Å². The molecule has 0 aliphatic carbocycles. The normalized spacial score (nSPS) is 15.5. The zero-order chi connectivity index (χ0) is 10.1. The van der Waals surface area contributed by atoms with E-state index in [4.69, 9.17) is 4.43 Å². The van der Waals surface area contributed by atoms with Crippen molar-refractivity contribution in [3.63, 3.8) is 0 Å². The lowest BCUT2D eigenvalue weighted by atomic mass is 10.3. The summed E-state index contributed by atoms with van der Waals surface area (Å²) in [7, 11) is 0.802. The van der Waals surface area contributed by atoms with Crippen LogP contribution in [0.2, 0.25) is 6.04 Å². The number of aromatic nitrogens is 1. The van der Waals surface area contributed by atoms with Crippen LogP contribution < -0.4 is 0 Å². The summed E-state index contributed by atoms with van der Waals surface area (Å²) in [5.74, 6) is 0. The van der Waals surface area contributed by atoms with Gasteiger partial charge in [0.25, 0.3) is 0 Å². The average Bonchev–Trinajstić information content (AvgIpc) is 2.33. The van der Waals surface area contributed by atoms with Crippen LogP contribution in [0, 0.1) is 0 Å². The van der Waals surface area contributed by atoms with Crippen LogP contribution in [-0.2, 0) is 10.8 Å². The SMILES string of the molecule is C1CC[Si]OC1.CCc1ccccn1. The van der Waals surface area contributed by atoms with Gasteiger partial charge in [-0.15, -0.1) is 0 Å². The molecule has 2 heterocycles. The Morgan fingerprint density at radius 1 is 1.43 bits per heavy atom. The molecule has 0 N–H and O–H groups in total. The molecule has 1 aromatic rings. The van der Waals surface area contributed by atoms with Crippen molar-refractivity contribution >= 4 is 9.76 Å². The fourth-order valence-corrected chi connectivity index (χ4v) is 1.95. The zero-order valence-corrected chi connectivity index (χ0v) is 9.70. The Balaban J connectivity index is 0.000000146. The van der Waals surface area contributed by atoms with Gasteiger partial charge in [0.15, 0.2) is 0 Å². The molecule has 1 aromatic heterocycles. The summed E-state index contributed by atoms with van der Waals surface area (Å²) < 4.78 is 5.10. The monoisotopic (exact) mass is 207 g/mol. The largest absolute Gasteiger partial charge is 0.417 e. The molecule has 1 fully saturated rings. The van der Waals surface area contributed by atoms with E-state index < -0.39 is 0 Å². The molecule has 0 atom stereocenters. The maximum Gasteiger partial charge on any atom is 0.229 e. The van der Waals surface area contributed by atoms with Gasteiger partial charge in [0.2, 0.25) is 9.76 Å². The van der Waals surface area contributed by atoms with E-state index in [0.717, 1.165) is 28.5 Å². The Hall–Kier alpha value is -0.673. The van der Waals surface area contributed by atoms with E-state index in [-0.39, 0.29) is 0 Å². The second kappa shape index (κ2) is 7.70. The van der Waals surface area contributed by atoms with Gasteiger partial charge in [0.1, 0.15) is 0 Å².